The highest BCUT2D eigenvalue weighted by Gasteiger charge is 2.25. The molecule has 1 atom stereocenters. The fourth-order valence-corrected chi connectivity index (χ4v) is 3.82. The Kier molecular flexibility index (Phi) is 6.21. The fraction of sp³-hybridized carbons (Fsp3) is 0.688. The van der Waals surface area contributed by atoms with Crippen molar-refractivity contribution >= 4 is 17.2 Å². The summed E-state index contributed by atoms with van der Waals surface area (Å²) in [5.74, 6) is 0.701. The highest BCUT2D eigenvalue weighted by atomic mass is 32.1. The average Bonchev–Trinajstić information content (AvgIpc) is 2.99. The van der Waals surface area contributed by atoms with Crippen LogP contribution in [0.25, 0.3) is 0 Å². The number of carbonyl (C=O) groups excluding carboxylic acids is 1. The minimum atomic E-state index is 0.111. The predicted molar refractivity (Wildman–Crippen MR) is 88.6 cm³/mol. The minimum absolute atomic E-state index is 0.111. The molecule has 0 aliphatic carbocycles. The molecule has 1 aliphatic heterocycles. The number of nitrogens with zero attached hydrogens (tertiary/aromatic N) is 1. The number of nitrogens with one attached hydrogen (secondary N) is 2. The minimum Gasteiger partial charge on any atom is -0.358 e. The topological polar surface area (TPSA) is 44.4 Å². The van der Waals surface area contributed by atoms with E-state index >= 15 is 0 Å². The van der Waals surface area contributed by atoms with Crippen LogP contribution in [0.15, 0.2) is 17.5 Å². The maximum absolute atomic E-state index is 11.4. The zero-order valence-corrected chi connectivity index (χ0v) is 14.1. The number of hydrogen-bond donors (Lipinski definition) is 2. The lowest BCUT2D eigenvalue weighted by Gasteiger charge is -2.35. The largest absolute Gasteiger partial charge is 0.358 e. The monoisotopic (exact) mass is 309 g/mol. The number of piperidine rings is 1. The SMILES string of the molecule is CNC(=O)CN1CCC(NC(c2cccs2)C(C)C)CC1. The van der Waals surface area contributed by atoms with Crippen LogP contribution in [0.3, 0.4) is 0 Å². The molecule has 118 valence electrons. The van der Waals surface area contributed by atoms with Gasteiger partial charge in [0.2, 0.25) is 5.91 Å². The summed E-state index contributed by atoms with van der Waals surface area (Å²) in [4.78, 5) is 15.1. The van der Waals surface area contributed by atoms with E-state index in [4.69, 9.17) is 0 Å². The third-order valence-corrected chi connectivity index (χ3v) is 5.12. The molecule has 1 amide bonds. The number of thiophene rings is 1. The van der Waals surface area contributed by atoms with Crippen molar-refractivity contribution in [2.24, 2.45) is 5.92 Å². The molecule has 1 saturated heterocycles. The van der Waals surface area contributed by atoms with E-state index in [2.05, 4.69) is 46.9 Å². The van der Waals surface area contributed by atoms with Gasteiger partial charge in [-0.1, -0.05) is 19.9 Å². The molecule has 1 unspecified atom stereocenters. The second-order valence-electron chi connectivity index (χ2n) is 6.13. The normalized spacial score (nSPS) is 18.9. The van der Waals surface area contributed by atoms with Crippen molar-refractivity contribution < 1.29 is 4.79 Å². The molecule has 0 saturated carbocycles. The number of likely N-dealkylation sites (N-methyl/N-ethyl adjacent to an activating group) is 1. The van der Waals surface area contributed by atoms with Crippen molar-refractivity contribution in [2.45, 2.75) is 38.8 Å². The van der Waals surface area contributed by atoms with Crippen molar-refractivity contribution in [1.29, 1.82) is 0 Å². The van der Waals surface area contributed by atoms with Gasteiger partial charge in [-0.25, -0.2) is 0 Å². The average molecular weight is 309 g/mol. The Morgan fingerprint density at radius 3 is 2.67 bits per heavy atom. The lowest BCUT2D eigenvalue weighted by atomic mass is 9.98. The molecule has 2 rings (SSSR count). The molecule has 4 nitrogen and oxygen atoms in total. The van der Waals surface area contributed by atoms with E-state index in [1.54, 1.807) is 7.05 Å². The van der Waals surface area contributed by atoms with E-state index in [0.29, 0.717) is 24.5 Å². The van der Waals surface area contributed by atoms with Crippen molar-refractivity contribution in [3.63, 3.8) is 0 Å². The Bertz CT molecular complexity index is 425. The van der Waals surface area contributed by atoms with Crippen molar-refractivity contribution in [3.8, 4) is 0 Å². The fourth-order valence-electron chi connectivity index (χ4n) is 2.87. The second-order valence-corrected chi connectivity index (χ2v) is 7.11. The Labute approximate surface area is 131 Å². The van der Waals surface area contributed by atoms with Gasteiger partial charge in [0.15, 0.2) is 0 Å². The van der Waals surface area contributed by atoms with Gasteiger partial charge in [-0.2, -0.15) is 0 Å². The lowest BCUT2D eigenvalue weighted by Crippen LogP contribution is -2.46. The van der Waals surface area contributed by atoms with Gasteiger partial charge in [-0.05, 0) is 30.2 Å². The summed E-state index contributed by atoms with van der Waals surface area (Å²) in [7, 11) is 1.70. The molecule has 2 N–H and O–H groups in total. The first-order valence-corrected chi connectivity index (χ1v) is 8.70. The van der Waals surface area contributed by atoms with Crippen molar-refractivity contribution in [2.75, 3.05) is 26.7 Å². The molecular weight excluding hydrogens is 282 g/mol. The van der Waals surface area contributed by atoms with Gasteiger partial charge in [-0.15, -0.1) is 11.3 Å². The van der Waals surface area contributed by atoms with Gasteiger partial charge in [0.25, 0.3) is 0 Å². The number of carbonyl (C=O) groups is 1. The number of likely N-dealkylation sites (tertiary alicyclic amines) is 1. The molecule has 0 aromatic carbocycles. The van der Waals surface area contributed by atoms with E-state index in [1.165, 1.54) is 4.88 Å². The molecule has 1 aromatic heterocycles. The van der Waals surface area contributed by atoms with Crippen LogP contribution in [0.5, 0.6) is 0 Å². The van der Waals surface area contributed by atoms with Gasteiger partial charge >= 0.3 is 0 Å². The summed E-state index contributed by atoms with van der Waals surface area (Å²) < 4.78 is 0. The zero-order valence-electron chi connectivity index (χ0n) is 13.3. The highest BCUT2D eigenvalue weighted by Crippen LogP contribution is 2.27. The van der Waals surface area contributed by atoms with Crippen LogP contribution in [0.1, 0.15) is 37.6 Å². The maximum Gasteiger partial charge on any atom is 0.233 e. The smallest absolute Gasteiger partial charge is 0.233 e. The molecule has 5 heteroatoms. The Hall–Kier alpha value is -0.910. The first-order chi connectivity index (χ1) is 10.1. The Balaban J connectivity index is 1.83. The van der Waals surface area contributed by atoms with Crippen molar-refractivity contribution in [3.05, 3.63) is 22.4 Å². The summed E-state index contributed by atoms with van der Waals surface area (Å²) in [6.45, 7) is 7.08. The van der Waals surface area contributed by atoms with Crippen molar-refractivity contribution in [1.82, 2.24) is 15.5 Å². The quantitative estimate of drug-likeness (QED) is 0.847. The van der Waals surface area contributed by atoms with Crippen LogP contribution < -0.4 is 10.6 Å². The first kappa shape index (κ1) is 16.5. The summed E-state index contributed by atoms with van der Waals surface area (Å²) in [6.07, 6.45) is 2.23. The van der Waals surface area contributed by atoms with Gasteiger partial charge < -0.3 is 10.6 Å². The van der Waals surface area contributed by atoms with Gasteiger partial charge in [0.1, 0.15) is 0 Å². The molecule has 0 spiro atoms. The standard InChI is InChI=1S/C16H27N3OS/c1-12(2)16(14-5-4-10-21-14)18-13-6-8-19(9-7-13)11-15(20)17-3/h4-5,10,12-13,16,18H,6-9,11H2,1-3H3,(H,17,20). The van der Waals surface area contributed by atoms with E-state index in [0.717, 1.165) is 25.9 Å². The summed E-state index contributed by atoms with van der Waals surface area (Å²) in [5.41, 5.74) is 0. The van der Waals surface area contributed by atoms with E-state index in [-0.39, 0.29) is 5.91 Å². The van der Waals surface area contributed by atoms with Crippen LogP contribution in [0.4, 0.5) is 0 Å². The lowest BCUT2D eigenvalue weighted by molar-refractivity contribution is -0.122. The number of amides is 1. The van der Waals surface area contributed by atoms with Gasteiger partial charge in [0.05, 0.1) is 6.54 Å². The number of rotatable bonds is 6. The first-order valence-electron chi connectivity index (χ1n) is 7.82. The van der Waals surface area contributed by atoms with Crippen LogP contribution in [0, 0.1) is 5.92 Å². The van der Waals surface area contributed by atoms with E-state index < -0.39 is 0 Å². The molecule has 1 aromatic rings. The van der Waals surface area contributed by atoms with Gasteiger partial charge in [0, 0.05) is 37.1 Å². The van der Waals surface area contributed by atoms with E-state index in [1.807, 2.05) is 11.3 Å². The molecular formula is C16H27N3OS. The molecule has 21 heavy (non-hydrogen) atoms. The Morgan fingerprint density at radius 2 is 2.14 bits per heavy atom. The molecule has 2 heterocycles. The molecule has 0 radical (unpaired) electrons. The maximum atomic E-state index is 11.4. The molecule has 0 bridgehead atoms. The number of hydrogen-bond acceptors (Lipinski definition) is 4. The summed E-state index contributed by atoms with van der Waals surface area (Å²) in [5, 5.41) is 8.67. The third kappa shape index (κ3) is 4.80. The van der Waals surface area contributed by atoms with Gasteiger partial charge in [-0.3, -0.25) is 9.69 Å². The van der Waals surface area contributed by atoms with E-state index in [9.17, 15) is 4.79 Å². The predicted octanol–water partition coefficient (Wildman–Crippen LogP) is 2.25. The zero-order chi connectivity index (χ0) is 15.2. The highest BCUT2D eigenvalue weighted by molar-refractivity contribution is 7.10. The van der Waals surface area contributed by atoms with Crippen LogP contribution in [-0.2, 0) is 4.79 Å². The third-order valence-electron chi connectivity index (χ3n) is 4.17. The van der Waals surface area contributed by atoms with Crippen LogP contribution in [0.2, 0.25) is 0 Å². The summed E-state index contributed by atoms with van der Waals surface area (Å²) in [6, 6.07) is 5.35. The van der Waals surface area contributed by atoms with Crippen LogP contribution in [-0.4, -0.2) is 43.5 Å². The molecule has 1 fully saturated rings. The Morgan fingerprint density at radius 1 is 1.43 bits per heavy atom. The van der Waals surface area contributed by atoms with Crippen LogP contribution >= 0.6 is 11.3 Å². The molecule has 1 aliphatic rings. The summed E-state index contributed by atoms with van der Waals surface area (Å²) >= 11 is 1.83. The second kappa shape index (κ2) is 7.92.